The molecule has 0 aliphatic heterocycles. The van der Waals surface area contributed by atoms with Crippen molar-refractivity contribution < 1.29 is 46.8 Å². The van der Waals surface area contributed by atoms with Crippen LogP contribution in [0.3, 0.4) is 0 Å². The molecular formula is C10H8Cl2F2N5NaO3S. The third-order valence-corrected chi connectivity index (χ3v) is 3.58. The summed E-state index contributed by atoms with van der Waals surface area (Å²) >= 11 is 11.7. The Kier molecular flexibility index (Phi) is 6.81. The van der Waals surface area contributed by atoms with Gasteiger partial charge in [-0.25, -0.2) is 17.8 Å². The first kappa shape index (κ1) is 21.3. The van der Waals surface area contributed by atoms with Crippen molar-refractivity contribution in [1.82, 2.24) is 19.3 Å². The zero-order valence-corrected chi connectivity index (χ0v) is 16.9. The van der Waals surface area contributed by atoms with Crippen molar-refractivity contribution in [2.24, 2.45) is 0 Å². The minimum absolute atomic E-state index is 0. The van der Waals surface area contributed by atoms with Crippen LogP contribution >= 0.6 is 23.2 Å². The first-order chi connectivity index (χ1) is 10.5. The van der Waals surface area contributed by atoms with Gasteiger partial charge in [0.25, 0.3) is 0 Å². The van der Waals surface area contributed by atoms with E-state index < -0.39 is 28.1 Å². The maximum absolute atomic E-state index is 12.8. The van der Waals surface area contributed by atoms with Crippen LogP contribution in [0.4, 0.5) is 14.6 Å². The molecule has 14 heteroatoms. The summed E-state index contributed by atoms with van der Waals surface area (Å²) in [7, 11) is -3.84. The maximum Gasteiger partial charge on any atom is 1.00 e. The van der Waals surface area contributed by atoms with Crippen LogP contribution in [0, 0.1) is 6.92 Å². The molecule has 2 aromatic heterocycles. The molecule has 0 N–H and O–H groups in total. The molecule has 0 atom stereocenters. The molecule has 0 aliphatic carbocycles. The van der Waals surface area contributed by atoms with Crippen LogP contribution in [0.25, 0.3) is 10.5 Å². The molecular weight excluding hydrogens is 402 g/mol. The molecule has 0 aliphatic rings. The van der Waals surface area contributed by atoms with E-state index in [1.54, 1.807) is 0 Å². The summed E-state index contributed by atoms with van der Waals surface area (Å²) in [4.78, 5) is 15.7. The normalized spacial score (nSPS) is 11.5. The number of sulfonamides is 1. The van der Waals surface area contributed by atoms with Crippen LogP contribution in [-0.2, 0) is 10.0 Å². The molecule has 0 amide bonds. The van der Waals surface area contributed by atoms with E-state index in [1.165, 1.54) is 6.92 Å². The molecule has 8 nitrogen and oxygen atoms in total. The molecule has 0 fully saturated rings. The molecule has 2 heterocycles. The van der Waals surface area contributed by atoms with Crippen molar-refractivity contribution in [1.29, 1.82) is 0 Å². The van der Waals surface area contributed by atoms with Gasteiger partial charge in [0.2, 0.25) is 0 Å². The van der Waals surface area contributed by atoms with Crippen molar-refractivity contribution in [3.8, 4) is 5.82 Å². The molecule has 126 valence electrons. The van der Waals surface area contributed by atoms with Gasteiger partial charge in [-0.2, -0.15) is 18.6 Å². The van der Waals surface area contributed by atoms with Crippen molar-refractivity contribution in [3.63, 3.8) is 0 Å². The predicted molar refractivity (Wildman–Crippen MR) is 79.5 cm³/mol. The largest absolute Gasteiger partial charge is 1.00 e. The van der Waals surface area contributed by atoms with Crippen molar-refractivity contribution in [3.05, 3.63) is 37.1 Å². The van der Waals surface area contributed by atoms with Crippen molar-refractivity contribution in [2.45, 2.75) is 13.5 Å². The summed E-state index contributed by atoms with van der Waals surface area (Å²) in [6, 6.07) is 1.08. The fraction of sp³-hybridized carbons (Fsp3) is 0.300. The number of rotatable bonds is 4. The quantitative estimate of drug-likeness (QED) is 0.628. The zero-order valence-electron chi connectivity index (χ0n) is 12.5. The second kappa shape index (κ2) is 7.67. The van der Waals surface area contributed by atoms with Gasteiger partial charge < -0.3 is 9.71 Å². The van der Waals surface area contributed by atoms with E-state index in [0.29, 0.717) is 4.68 Å². The Labute approximate surface area is 167 Å². The van der Waals surface area contributed by atoms with Gasteiger partial charge in [-0.15, -0.1) is 0 Å². The number of nitrogens with zero attached hydrogens (tertiary/aromatic N) is 5. The van der Waals surface area contributed by atoms with Crippen LogP contribution in [0.15, 0.2) is 10.9 Å². The molecule has 2 aromatic rings. The Hall–Kier alpha value is -0.720. The molecule has 2 rings (SSSR count). The summed E-state index contributed by atoms with van der Waals surface area (Å²) in [6.45, 7) is -1.92. The Balaban J connectivity index is 0.00000288. The molecule has 0 unspecified atom stereocenters. The van der Waals surface area contributed by atoms with E-state index in [1.807, 2.05) is 0 Å². The van der Waals surface area contributed by atoms with Gasteiger partial charge >= 0.3 is 41.8 Å². The van der Waals surface area contributed by atoms with E-state index in [-0.39, 0.29) is 55.8 Å². The standard InChI is InChI=1S/C10H8Cl2F2N5O3S.Na/c1-4-16-19(10(20)18(4)9(13)14)8-6(12)3-5(11)7(15-8)17-23(2,21)22;/h3,9H,1-2H3;/q-1;+1. The molecule has 0 radical (unpaired) electrons. The fourth-order valence-corrected chi connectivity index (χ4v) is 2.64. The number of aromatic nitrogens is 4. The number of hydrogen-bond acceptors (Lipinski definition) is 5. The van der Waals surface area contributed by atoms with Gasteiger partial charge in [0.1, 0.15) is 5.82 Å². The Morgan fingerprint density at radius 2 is 1.88 bits per heavy atom. The SMILES string of the molecule is Cc1nn(-c2nc([N-]S(C)(=O)=O)c(Cl)cc2Cl)c(=O)n1C(F)F.[Na+]. The van der Waals surface area contributed by atoms with E-state index >= 15 is 0 Å². The second-order valence-electron chi connectivity index (χ2n) is 4.31. The van der Waals surface area contributed by atoms with E-state index in [9.17, 15) is 22.0 Å². The van der Waals surface area contributed by atoms with Crippen molar-refractivity contribution >= 4 is 39.0 Å². The smallest absolute Gasteiger partial charge is 0.417 e. The zero-order chi connectivity index (χ0) is 17.5. The fourth-order valence-electron chi connectivity index (χ4n) is 1.66. The summed E-state index contributed by atoms with van der Waals surface area (Å²) in [6.07, 6.45) is 0.807. The third kappa shape index (κ3) is 4.46. The maximum atomic E-state index is 12.8. The van der Waals surface area contributed by atoms with Gasteiger partial charge in [0, 0.05) is 11.3 Å². The molecule has 0 bridgehead atoms. The molecule has 0 spiro atoms. The van der Waals surface area contributed by atoms with Crippen LogP contribution in [0.1, 0.15) is 12.4 Å². The molecule has 0 saturated carbocycles. The van der Waals surface area contributed by atoms with Gasteiger partial charge in [-0.3, -0.25) is 0 Å². The summed E-state index contributed by atoms with van der Waals surface area (Å²) in [5.74, 6) is -1.09. The number of alkyl halides is 2. The Morgan fingerprint density at radius 1 is 1.29 bits per heavy atom. The number of pyridine rings is 1. The summed E-state index contributed by atoms with van der Waals surface area (Å²) in [5, 5.41) is 3.25. The molecule has 0 saturated heterocycles. The van der Waals surface area contributed by atoms with Crippen LogP contribution < -0.4 is 35.2 Å². The third-order valence-electron chi connectivity index (χ3n) is 2.52. The number of halogens is 4. The van der Waals surface area contributed by atoms with Gasteiger partial charge in [-0.1, -0.05) is 23.2 Å². The monoisotopic (exact) mass is 409 g/mol. The first-order valence-corrected chi connectivity index (χ1v) is 8.37. The van der Waals surface area contributed by atoms with Crippen LogP contribution in [0.5, 0.6) is 0 Å². The first-order valence-electron chi connectivity index (χ1n) is 5.77. The average molecular weight is 410 g/mol. The minimum Gasteiger partial charge on any atom is -0.417 e. The summed E-state index contributed by atoms with van der Waals surface area (Å²) < 4.78 is 52.0. The summed E-state index contributed by atoms with van der Waals surface area (Å²) in [5.41, 5.74) is -1.19. The van der Waals surface area contributed by atoms with Crippen molar-refractivity contribution in [2.75, 3.05) is 6.26 Å². The predicted octanol–water partition coefficient (Wildman–Crippen LogP) is -0.592. The van der Waals surface area contributed by atoms with E-state index in [4.69, 9.17) is 23.2 Å². The number of aryl methyl sites for hydroxylation is 1. The molecule has 24 heavy (non-hydrogen) atoms. The molecule has 0 aromatic carbocycles. The Bertz CT molecular complexity index is 931. The van der Waals surface area contributed by atoms with E-state index in [2.05, 4.69) is 14.8 Å². The van der Waals surface area contributed by atoms with Crippen LogP contribution in [-0.4, -0.2) is 34.0 Å². The van der Waals surface area contributed by atoms with Crippen LogP contribution in [0.2, 0.25) is 10.0 Å². The van der Waals surface area contributed by atoms with E-state index in [0.717, 1.165) is 12.3 Å². The second-order valence-corrected chi connectivity index (χ2v) is 6.78. The average Bonchev–Trinajstić information content (AvgIpc) is 2.66. The number of hydrogen-bond donors (Lipinski definition) is 0. The van der Waals surface area contributed by atoms with Gasteiger partial charge in [0.15, 0.2) is 10.0 Å². The van der Waals surface area contributed by atoms with Gasteiger partial charge in [0.05, 0.1) is 10.8 Å². The topological polar surface area (TPSA) is 101 Å². The van der Waals surface area contributed by atoms with Gasteiger partial charge in [-0.05, 0) is 18.8 Å². The minimum atomic E-state index is -3.84. The Morgan fingerprint density at radius 3 is 2.33 bits per heavy atom.